The molecule has 0 spiro atoms. The van der Waals surface area contributed by atoms with Crippen LogP contribution < -0.4 is 16.0 Å². The summed E-state index contributed by atoms with van der Waals surface area (Å²) >= 11 is 6.85. The zero-order valence-electron chi connectivity index (χ0n) is 28.5. The second kappa shape index (κ2) is 12.8. The van der Waals surface area contributed by atoms with Crippen LogP contribution in [0.25, 0.3) is 11.0 Å². The van der Waals surface area contributed by atoms with Gasteiger partial charge in [0.2, 0.25) is 11.8 Å². The molecule has 0 bridgehead atoms. The van der Waals surface area contributed by atoms with Crippen molar-refractivity contribution in [2.45, 2.75) is 87.7 Å². The molecule has 1 aliphatic heterocycles. The molecule has 2 aromatic carbocycles. The summed E-state index contributed by atoms with van der Waals surface area (Å²) in [7, 11) is 1.74. The number of aryl methyl sites for hydroxylation is 1. The van der Waals surface area contributed by atoms with Crippen molar-refractivity contribution in [2.24, 2.45) is 18.4 Å². The standard InChI is InChI=1S/C38H44ClN7O4/c1-37(15-16-37)30(25-8-3-4-9-26(25)39)32(44-34(47)29-14-18-40-46(29)2)33-42-27-13-10-23(20-28(27)43-33)38(17-19-50-21-38)36(49)45-31(22-6-5-7-22)35(48)41-24-11-12-24/h3-4,8-10,13-14,18,20,22,24,30-32H,5-7,11-12,15-17,19,21H2,1-2H3,(H,41,48)(H,42,43)(H,44,47)(H,45,49)/t30-,31+,32-,38?/m0/s1. The molecule has 0 radical (unpaired) electrons. The highest BCUT2D eigenvalue weighted by Gasteiger charge is 2.51. The molecular formula is C38H44ClN7O4. The molecule has 11 nitrogen and oxygen atoms in total. The van der Waals surface area contributed by atoms with E-state index >= 15 is 0 Å². The van der Waals surface area contributed by atoms with Crippen molar-refractivity contribution < 1.29 is 19.1 Å². The number of ether oxygens (including phenoxy) is 1. The molecule has 3 aliphatic carbocycles. The number of aromatic amines is 1. The molecule has 1 unspecified atom stereocenters. The molecule has 2 aromatic heterocycles. The molecule has 12 heteroatoms. The number of rotatable bonds is 12. The predicted octanol–water partition coefficient (Wildman–Crippen LogP) is 5.23. The van der Waals surface area contributed by atoms with Crippen LogP contribution in [0, 0.1) is 11.3 Å². The van der Waals surface area contributed by atoms with E-state index in [2.05, 4.69) is 33.0 Å². The molecule has 4 aliphatic rings. The fraction of sp³-hybridized carbons (Fsp3) is 0.500. The maximum Gasteiger partial charge on any atom is 0.270 e. The normalized spacial score (nSPS) is 23.1. The van der Waals surface area contributed by atoms with Gasteiger partial charge in [-0.2, -0.15) is 5.10 Å². The van der Waals surface area contributed by atoms with E-state index in [-0.39, 0.29) is 47.6 Å². The molecule has 4 N–H and O–H groups in total. The molecule has 4 atom stereocenters. The first-order chi connectivity index (χ1) is 24.1. The molecule has 50 heavy (non-hydrogen) atoms. The van der Waals surface area contributed by atoms with E-state index in [1.165, 1.54) is 0 Å². The lowest BCUT2D eigenvalue weighted by Gasteiger charge is -2.36. The highest BCUT2D eigenvalue weighted by Crippen LogP contribution is 2.60. The van der Waals surface area contributed by atoms with Crippen LogP contribution in [0.3, 0.4) is 0 Å². The third-order valence-electron chi connectivity index (χ3n) is 11.6. The van der Waals surface area contributed by atoms with Crippen molar-refractivity contribution >= 4 is 40.4 Å². The van der Waals surface area contributed by atoms with Gasteiger partial charge in [0.15, 0.2) is 0 Å². The van der Waals surface area contributed by atoms with Crippen LogP contribution in [-0.4, -0.2) is 62.8 Å². The van der Waals surface area contributed by atoms with E-state index in [4.69, 9.17) is 21.3 Å². The van der Waals surface area contributed by atoms with E-state index < -0.39 is 17.5 Å². The van der Waals surface area contributed by atoms with E-state index in [1.807, 2.05) is 42.5 Å². The number of carbonyl (C=O) groups excluding carboxylic acids is 3. The number of halogens is 1. The second-order valence-electron chi connectivity index (χ2n) is 15.1. The highest BCUT2D eigenvalue weighted by molar-refractivity contribution is 6.31. The van der Waals surface area contributed by atoms with Gasteiger partial charge in [-0.05, 0) is 91.7 Å². The summed E-state index contributed by atoms with van der Waals surface area (Å²) in [5.74, 6) is 0.0618. The smallest absolute Gasteiger partial charge is 0.270 e. The summed E-state index contributed by atoms with van der Waals surface area (Å²) < 4.78 is 7.43. The average Bonchev–Trinajstić information content (AvgIpc) is 3.83. The molecule has 1 saturated heterocycles. The number of fused-ring (bicyclic) bond motifs is 1. The fourth-order valence-corrected chi connectivity index (χ4v) is 8.11. The van der Waals surface area contributed by atoms with Crippen molar-refractivity contribution in [3.8, 4) is 0 Å². The maximum absolute atomic E-state index is 14.3. The third kappa shape index (κ3) is 6.08. The first kappa shape index (κ1) is 33.0. The van der Waals surface area contributed by atoms with Crippen LogP contribution in [0.1, 0.15) is 97.7 Å². The van der Waals surface area contributed by atoms with Crippen LogP contribution >= 0.6 is 11.6 Å². The van der Waals surface area contributed by atoms with Gasteiger partial charge in [0.1, 0.15) is 17.6 Å². The molecular weight excluding hydrogens is 654 g/mol. The third-order valence-corrected chi connectivity index (χ3v) is 12.0. The number of carbonyl (C=O) groups is 3. The van der Waals surface area contributed by atoms with Gasteiger partial charge >= 0.3 is 0 Å². The Kier molecular flexibility index (Phi) is 8.46. The first-order valence-electron chi connectivity index (χ1n) is 17.9. The summed E-state index contributed by atoms with van der Waals surface area (Å²) in [6.07, 6.45) is 9.01. The summed E-state index contributed by atoms with van der Waals surface area (Å²) in [5.41, 5.74) is 2.60. The number of nitrogens with zero attached hydrogens (tertiary/aromatic N) is 3. The monoisotopic (exact) mass is 697 g/mol. The van der Waals surface area contributed by atoms with Gasteiger partial charge < -0.3 is 25.7 Å². The Morgan fingerprint density at radius 2 is 1.84 bits per heavy atom. The minimum atomic E-state index is -0.948. The number of imidazole rings is 1. The number of amides is 3. The minimum absolute atomic E-state index is 0.0788. The van der Waals surface area contributed by atoms with E-state index in [0.717, 1.165) is 61.6 Å². The van der Waals surface area contributed by atoms with Crippen molar-refractivity contribution in [1.29, 1.82) is 0 Å². The highest BCUT2D eigenvalue weighted by atomic mass is 35.5. The van der Waals surface area contributed by atoms with Crippen LogP contribution in [0.15, 0.2) is 54.7 Å². The Labute approximate surface area is 296 Å². The Bertz CT molecular complexity index is 1940. The van der Waals surface area contributed by atoms with Crippen molar-refractivity contribution in [3.63, 3.8) is 0 Å². The van der Waals surface area contributed by atoms with Gasteiger partial charge in [-0.3, -0.25) is 19.1 Å². The summed E-state index contributed by atoms with van der Waals surface area (Å²) in [4.78, 5) is 49.9. The van der Waals surface area contributed by atoms with Crippen molar-refractivity contribution in [3.05, 3.63) is 82.4 Å². The Hall–Kier alpha value is -4.22. The van der Waals surface area contributed by atoms with Crippen LogP contribution in [-0.2, 0) is 26.8 Å². The van der Waals surface area contributed by atoms with Crippen LogP contribution in [0.5, 0.6) is 0 Å². The SMILES string of the molecule is Cn1nccc1C(=O)N[C@H](c1nc2ccc(C3(C(=O)N[C@@H](C(=O)NC4CC4)C4CCC4)CCOC3)cc2[nH]1)[C@H](c1ccccc1Cl)C1(C)CC1. The Balaban J connectivity index is 1.15. The minimum Gasteiger partial charge on any atom is -0.380 e. The van der Waals surface area contributed by atoms with Gasteiger partial charge in [0.05, 0.1) is 29.1 Å². The molecule has 8 rings (SSSR count). The van der Waals surface area contributed by atoms with E-state index in [0.29, 0.717) is 35.1 Å². The fourth-order valence-electron chi connectivity index (χ4n) is 7.86. The molecule has 3 amide bonds. The van der Waals surface area contributed by atoms with Gasteiger partial charge in [0, 0.05) is 36.8 Å². The summed E-state index contributed by atoms with van der Waals surface area (Å²) in [5, 5.41) is 14.4. The number of H-pyrrole nitrogens is 1. The van der Waals surface area contributed by atoms with Crippen molar-refractivity contribution in [2.75, 3.05) is 13.2 Å². The predicted molar refractivity (Wildman–Crippen MR) is 189 cm³/mol. The molecule has 3 heterocycles. The summed E-state index contributed by atoms with van der Waals surface area (Å²) in [6.45, 7) is 2.90. The lowest BCUT2D eigenvalue weighted by molar-refractivity contribution is -0.134. The Morgan fingerprint density at radius 1 is 1.04 bits per heavy atom. The lowest BCUT2D eigenvalue weighted by atomic mass is 9.76. The quantitative estimate of drug-likeness (QED) is 0.160. The number of benzene rings is 2. The molecule has 262 valence electrons. The van der Waals surface area contributed by atoms with E-state index in [1.54, 1.807) is 24.0 Å². The van der Waals surface area contributed by atoms with Gasteiger partial charge in [-0.25, -0.2) is 4.98 Å². The Morgan fingerprint density at radius 3 is 2.48 bits per heavy atom. The number of nitrogens with one attached hydrogen (secondary N) is 4. The van der Waals surface area contributed by atoms with Gasteiger partial charge in [-0.15, -0.1) is 0 Å². The largest absolute Gasteiger partial charge is 0.380 e. The van der Waals surface area contributed by atoms with Crippen LogP contribution in [0.4, 0.5) is 0 Å². The topological polar surface area (TPSA) is 143 Å². The zero-order chi connectivity index (χ0) is 34.6. The maximum atomic E-state index is 14.3. The number of hydrogen-bond donors (Lipinski definition) is 4. The van der Waals surface area contributed by atoms with E-state index in [9.17, 15) is 14.4 Å². The molecule has 4 fully saturated rings. The summed E-state index contributed by atoms with van der Waals surface area (Å²) in [6, 6.07) is 14.5. The van der Waals surface area contributed by atoms with Crippen molar-refractivity contribution in [1.82, 2.24) is 35.7 Å². The van der Waals surface area contributed by atoms with Gasteiger partial charge in [0.25, 0.3) is 5.91 Å². The second-order valence-corrected chi connectivity index (χ2v) is 15.5. The molecule has 4 aromatic rings. The zero-order valence-corrected chi connectivity index (χ0v) is 29.3. The lowest BCUT2D eigenvalue weighted by Crippen LogP contribution is -2.57. The first-order valence-corrected chi connectivity index (χ1v) is 18.3. The van der Waals surface area contributed by atoms with Crippen LogP contribution in [0.2, 0.25) is 5.02 Å². The molecule has 3 saturated carbocycles. The average molecular weight is 698 g/mol. The van der Waals surface area contributed by atoms with Gasteiger partial charge in [-0.1, -0.05) is 49.2 Å². The number of aromatic nitrogens is 4. The number of hydrogen-bond acceptors (Lipinski definition) is 6.